The van der Waals surface area contributed by atoms with Crippen molar-refractivity contribution in [1.29, 1.82) is 0 Å². The summed E-state index contributed by atoms with van der Waals surface area (Å²) in [4.78, 5) is 12.5. The van der Waals surface area contributed by atoms with E-state index in [4.69, 9.17) is 4.74 Å². The molecule has 1 amide bonds. The van der Waals surface area contributed by atoms with Gasteiger partial charge in [-0.15, -0.1) is 0 Å². The molecule has 22 heavy (non-hydrogen) atoms. The molecule has 2 N–H and O–H groups in total. The maximum atomic E-state index is 13.2. The third-order valence-corrected chi connectivity index (χ3v) is 4.80. The molecule has 3 unspecified atom stereocenters. The Morgan fingerprint density at radius 1 is 1.36 bits per heavy atom. The monoisotopic (exact) mass is 306 g/mol. The van der Waals surface area contributed by atoms with Gasteiger partial charge in [-0.1, -0.05) is 19.1 Å². The van der Waals surface area contributed by atoms with E-state index in [2.05, 4.69) is 10.6 Å². The Labute approximate surface area is 130 Å². The Bertz CT molecular complexity index is 510. The van der Waals surface area contributed by atoms with Crippen LogP contribution in [0.2, 0.25) is 0 Å². The van der Waals surface area contributed by atoms with Crippen LogP contribution >= 0.6 is 0 Å². The van der Waals surface area contributed by atoms with Crippen LogP contribution in [-0.2, 0) is 9.53 Å². The summed E-state index contributed by atoms with van der Waals surface area (Å²) in [5.74, 6) is 0.162. The van der Waals surface area contributed by atoms with Crippen LogP contribution in [-0.4, -0.2) is 31.7 Å². The Morgan fingerprint density at radius 2 is 2.09 bits per heavy atom. The van der Waals surface area contributed by atoms with Crippen LogP contribution in [0.5, 0.6) is 0 Å². The number of amides is 1. The Balaban J connectivity index is 1.73. The van der Waals surface area contributed by atoms with Gasteiger partial charge in [0.2, 0.25) is 5.91 Å². The number of hydrogen-bond donors (Lipinski definition) is 2. The molecule has 2 saturated heterocycles. The second-order valence-corrected chi connectivity index (χ2v) is 6.30. The summed E-state index contributed by atoms with van der Waals surface area (Å²) in [5.41, 5.74) is 0.903. The molecule has 0 spiro atoms. The van der Waals surface area contributed by atoms with Crippen LogP contribution in [0.25, 0.3) is 0 Å². The van der Waals surface area contributed by atoms with Gasteiger partial charge in [0.25, 0.3) is 0 Å². The topological polar surface area (TPSA) is 50.4 Å². The summed E-state index contributed by atoms with van der Waals surface area (Å²) in [6.45, 7) is 4.49. The third kappa shape index (κ3) is 3.31. The standard InChI is InChI=1S/C17H23FN2O2/c1-11(13-9-19-10-13)17(21)20-16(15-3-2-8-22-15)12-4-6-14(18)7-5-12/h4-7,11,13,15-16,19H,2-3,8-10H2,1H3,(H,20,21). The van der Waals surface area contributed by atoms with E-state index >= 15 is 0 Å². The quantitative estimate of drug-likeness (QED) is 0.875. The van der Waals surface area contributed by atoms with E-state index in [0.717, 1.165) is 38.1 Å². The Kier molecular flexibility index (Phi) is 4.74. The molecule has 1 aromatic rings. The summed E-state index contributed by atoms with van der Waals surface area (Å²) in [5, 5.41) is 6.33. The molecule has 120 valence electrons. The highest BCUT2D eigenvalue weighted by atomic mass is 19.1. The number of hydrogen-bond acceptors (Lipinski definition) is 3. The largest absolute Gasteiger partial charge is 0.376 e. The Hall–Kier alpha value is -1.46. The van der Waals surface area contributed by atoms with Gasteiger partial charge in [-0.05, 0) is 49.5 Å². The molecule has 0 aliphatic carbocycles. The number of carbonyl (C=O) groups is 1. The van der Waals surface area contributed by atoms with Crippen LogP contribution in [0.4, 0.5) is 4.39 Å². The van der Waals surface area contributed by atoms with Gasteiger partial charge in [-0.3, -0.25) is 4.79 Å². The van der Waals surface area contributed by atoms with Crippen molar-refractivity contribution in [3.05, 3.63) is 35.6 Å². The number of benzene rings is 1. The second-order valence-electron chi connectivity index (χ2n) is 6.30. The van der Waals surface area contributed by atoms with Crippen LogP contribution in [0.1, 0.15) is 31.4 Å². The van der Waals surface area contributed by atoms with Crippen molar-refractivity contribution in [3.63, 3.8) is 0 Å². The number of ether oxygens (including phenoxy) is 1. The highest BCUT2D eigenvalue weighted by Gasteiger charge is 2.33. The molecule has 2 fully saturated rings. The molecule has 0 saturated carbocycles. The van der Waals surface area contributed by atoms with Crippen LogP contribution in [0.3, 0.4) is 0 Å². The van der Waals surface area contributed by atoms with Crippen molar-refractivity contribution in [2.24, 2.45) is 11.8 Å². The van der Waals surface area contributed by atoms with E-state index in [1.165, 1.54) is 12.1 Å². The maximum Gasteiger partial charge on any atom is 0.223 e. The summed E-state index contributed by atoms with van der Waals surface area (Å²) in [6.07, 6.45) is 1.89. The molecule has 3 rings (SSSR count). The summed E-state index contributed by atoms with van der Waals surface area (Å²) in [7, 11) is 0. The fraction of sp³-hybridized carbons (Fsp3) is 0.588. The highest BCUT2D eigenvalue weighted by molar-refractivity contribution is 5.79. The molecule has 4 nitrogen and oxygen atoms in total. The normalized spacial score (nSPS) is 24.5. The van der Waals surface area contributed by atoms with Gasteiger partial charge in [0, 0.05) is 12.5 Å². The molecular weight excluding hydrogens is 283 g/mol. The minimum absolute atomic E-state index is 0.0226. The van der Waals surface area contributed by atoms with Crippen molar-refractivity contribution < 1.29 is 13.9 Å². The van der Waals surface area contributed by atoms with Gasteiger partial charge in [-0.2, -0.15) is 0 Å². The van der Waals surface area contributed by atoms with E-state index in [1.54, 1.807) is 12.1 Å². The van der Waals surface area contributed by atoms with Crippen molar-refractivity contribution in [3.8, 4) is 0 Å². The van der Waals surface area contributed by atoms with Crippen molar-refractivity contribution in [2.75, 3.05) is 19.7 Å². The van der Waals surface area contributed by atoms with E-state index in [9.17, 15) is 9.18 Å². The first-order valence-corrected chi connectivity index (χ1v) is 8.03. The lowest BCUT2D eigenvalue weighted by Gasteiger charge is -2.33. The molecule has 3 atom stereocenters. The van der Waals surface area contributed by atoms with Crippen LogP contribution < -0.4 is 10.6 Å². The molecule has 1 aromatic carbocycles. The molecule has 5 heteroatoms. The first-order chi connectivity index (χ1) is 10.6. The lowest BCUT2D eigenvalue weighted by atomic mass is 9.87. The minimum Gasteiger partial charge on any atom is -0.376 e. The number of halogens is 1. The SMILES string of the molecule is CC(C(=O)NC(c1ccc(F)cc1)C1CCCO1)C1CNC1. The van der Waals surface area contributed by atoms with Crippen LogP contribution in [0, 0.1) is 17.7 Å². The zero-order valence-electron chi connectivity index (χ0n) is 12.8. The zero-order valence-corrected chi connectivity index (χ0v) is 12.8. The first kappa shape index (κ1) is 15.4. The van der Waals surface area contributed by atoms with E-state index in [-0.39, 0.29) is 29.8 Å². The zero-order chi connectivity index (χ0) is 15.5. The molecule has 0 aromatic heterocycles. The molecule has 0 bridgehead atoms. The van der Waals surface area contributed by atoms with Crippen molar-refractivity contribution >= 4 is 5.91 Å². The van der Waals surface area contributed by atoms with Gasteiger partial charge in [0.15, 0.2) is 0 Å². The van der Waals surface area contributed by atoms with E-state index in [0.29, 0.717) is 5.92 Å². The lowest BCUT2D eigenvalue weighted by molar-refractivity contribution is -0.128. The first-order valence-electron chi connectivity index (χ1n) is 8.03. The highest BCUT2D eigenvalue weighted by Crippen LogP contribution is 2.28. The van der Waals surface area contributed by atoms with Gasteiger partial charge in [-0.25, -0.2) is 4.39 Å². The number of rotatable bonds is 5. The molecule has 2 aliphatic rings. The summed E-state index contributed by atoms with van der Waals surface area (Å²) >= 11 is 0. The van der Waals surface area contributed by atoms with E-state index in [1.807, 2.05) is 6.92 Å². The lowest BCUT2D eigenvalue weighted by Crippen LogP contribution is -2.50. The minimum atomic E-state index is -0.268. The number of carbonyl (C=O) groups excluding carboxylic acids is 1. The molecule has 0 radical (unpaired) electrons. The molecular formula is C17H23FN2O2. The average Bonchev–Trinajstić information content (AvgIpc) is 2.97. The van der Waals surface area contributed by atoms with Gasteiger partial charge >= 0.3 is 0 Å². The predicted molar refractivity (Wildman–Crippen MR) is 81.8 cm³/mol. The second kappa shape index (κ2) is 6.75. The van der Waals surface area contributed by atoms with Gasteiger partial charge in [0.1, 0.15) is 5.82 Å². The Morgan fingerprint density at radius 3 is 2.64 bits per heavy atom. The van der Waals surface area contributed by atoms with Gasteiger partial charge < -0.3 is 15.4 Å². The average molecular weight is 306 g/mol. The predicted octanol–water partition coefficient (Wildman–Crippen LogP) is 2.02. The van der Waals surface area contributed by atoms with Crippen molar-refractivity contribution in [2.45, 2.75) is 31.9 Å². The fourth-order valence-corrected chi connectivity index (χ4v) is 3.09. The maximum absolute atomic E-state index is 13.2. The molecule has 2 aliphatic heterocycles. The smallest absolute Gasteiger partial charge is 0.223 e. The van der Waals surface area contributed by atoms with Crippen molar-refractivity contribution in [1.82, 2.24) is 10.6 Å². The number of nitrogens with one attached hydrogen (secondary N) is 2. The molecule has 2 heterocycles. The summed E-state index contributed by atoms with van der Waals surface area (Å²) in [6, 6.07) is 6.13. The summed E-state index contributed by atoms with van der Waals surface area (Å²) < 4.78 is 18.9. The van der Waals surface area contributed by atoms with Crippen LogP contribution in [0.15, 0.2) is 24.3 Å². The third-order valence-electron chi connectivity index (χ3n) is 4.80. The fourth-order valence-electron chi connectivity index (χ4n) is 3.09. The van der Waals surface area contributed by atoms with E-state index < -0.39 is 0 Å². The van der Waals surface area contributed by atoms with Gasteiger partial charge in [0.05, 0.1) is 12.1 Å².